The summed E-state index contributed by atoms with van der Waals surface area (Å²) in [5, 5.41) is 3.61. The number of ether oxygens (including phenoxy) is 2. The summed E-state index contributed by atoms with van der Waals surface area (Å²) < 4.78 is 11.4. The highest BCUT2D eigenvalue weighted by Gasteiger charge is 2.23. The normalized spacial score (nSPS) is 17.3. The van der Waals surface area contributed by atoms with Crippen LogP contribution in [0.5, 0.6) is 5.75 Å². The van der Waals surface area contributed by atoms with E-state index in [2.05, 4.69) is 75.2 Å². The van der Waals surface area contributed by atoms with Crippen molar-refractivity contribution in [2.24, 2.45) is 0 Å². The molecule has 3 heterocycles. The largest absolute Gasteiger partial charge is 0.493 e. The summed E-state index contributed by atoms with van der Waals surface area (Å²) in [6.07, 6.45) is 1.11. The molecule has 35 heavy (non-hydrogen) atoms. The van der Waals surface area contributed by atoms with Gasteiger partial charge < -0.3 is 19.7 Å². The molecular weight excluding hydrogens is 436 g/mol. The van der Waals surface area contributed by atoms with Crippen LogP contribution in [0.3, 0.4) is 0 Å². The first-order valence-electron chi connectivity index (χ1n) is 12.7. The fraction of sp³-hybridized carbons (Fsp3) is 0.448. The minimum atomic E-state index is 0.518. The average molecular weight is 473 g/mol. The van der Waals surface area contributed by atoms with Crippen LogP contribution in [0.4, 0.5) is 11.6 Å². The number of morpholine rings is 1. The first-order chi connectivity index (χ1) is 17.0. The Kier molecular flexibility index (Phi) is 6.65. The molecule has 0 spiro atoms. The van der Waals surface area contributed by atoms with Crippen molar-refractivity contribution in [2.75, 3.05) is 43.1 Å². The molecule has 6 nitrogen and oxygen atoms in total. The number of anilines is 2. The van der Waals surface area contributed by atoms with Gasteiger partial charge in [0.1, 0.15) is 5.75 Å². The van der Waals surface area contributed by atoms with Crippen molar-refractivity contribution in [1.29, 1.82) is 0 Å². The van der Waals surface area contributed by atoms with Crippen molar-refractivity contribution in [3.63, 3.8) is 0 Å². The Balaban J connectivity index is 1.41. The van der Waals surface area contributed by atoms with E-state index in [4.69, 9.17) is 19.4 Å². The molecule has 0 saturated carbocycles. The number of fused-ring (bicyclic) bond motifs is 1. The van der Waals surface area contributed by atoms with Gasteiger partial charge in [-0.05, 0) is 62.4 Å². The number of nitrogens with one attached hydrogen (secondary N) is 1. The van der Waals surface area contributed by atoms with Crippen molar-refractivity contribution in [1.82, 2.24) is 9.97 Å². The number of nitrogens with zero attached hydrogens (tertiary/aromatic N) is 3. The van der Waals surface area contributed by atoms with Crippen LogP contribution in [0.2, 0.25) is 0 Å². The van der Waals surface area contributed by atoms with Crippen LogP contribution in [-0.2, 0) is 11.3 Å². The molecule has 1 N–H and O–H groups in total. The molecule has 1 saturated heterocycles. The van der Waals surface area contributed by atoms with E-state index in [1.54, 1.807) is 0 Å². The van der Waals surface area contributed by atoms with Gasteiger partial charge in [0.15, 0.2) is 0 Å². The summed E-state index contributed by atoms with van der Waals surface area (Å²) >= 11 is 0. The SMILES string of the molecule is CC[C@@H]1COc2cc(NCc3ccc(C)c(-c4c(C)nc(N5CCOCC5)nc4C)c3C)ccc21. The van der Waals surface area contributed by atoms with E-state index in [1.165, 1.54) is 27.8 Å². The van der Waals surface area contributed by atoms with Crippen LogP contribution in [0.1, 0.15) is 52.9 Å². The molecule has 1 aromatic heterocycles. The zero-order valence-corrected chi connectivity index (χ0v) is 21.6. The molecule has 1 atom stereocenters. The zero-order valence-electron chi connectivity index (χ0n) is 21.6. The van der Waals surface area contributed by atoms with Crippen molar-refractivity contribution >= 4 is 11.6 Å². The van der Waals surface area contributed by atoms with Crippen LogP contribution in [0.25, 0.3) is 11.1 Å². The van der Waals surface area contributed by atoms with Gasteiger partial charge in [0, 0.05) is 48.4 Å². The summed E-state index contributed by atoms with van der Waals surface area (Å²) in [6, 6.07) is 11.0. The maximum Gasteiger partial charge on any atom is 0.225 e. The summed E-state index contributed by atoms with van der Waals surface area (Å²) in [5.74, 6) is 2.35. The van der Waals surface area contributed by atoms with E-state index in [-0.39, 0.29) is 0 Å². The summed E-state index contributed by atoms with van der Waals surface area (Å²) in [6.45, 7) is 15.5. The lowest BCUT2D eigenvalue weighted by atomic mass is 9.90. The molecule has 5 rings (SSSR count). The molecule has 3 aromatic rings. The van der Waals surface area contributed by atoms with Crippen LogP contribution in [0.15, 0.2) is 30.3 Å². The van der Waals surface area contributed by atoms with Crippen molar-refractivity contribution in [3.05, 3.63) is 64.0 Å². The fourth-order valence-corrected chi connectivity index (χ4v) is 5.35. The summed E-state index contributed by atoms with van der Waals surface area (Å²) in [4.78, 5) is 12.0. The molecule has 0 aliphatic carbocycles. The van der Waals surface area contributed by atoms with E-state index < -0.39 is 0 Å². The number of rotatable bonds is 6. The van der Waals surface area contributed by atoms with Crippen molar-refractivity contribution in [2.45, 2.75) is 53.5 Å². The highest BCUT2D eigenvalue weighted by atomic mass is 16.5. The number of hydrogen-bond donors (Lipinski definition) is 1. The molecule has 0 unspecified atom stereocenters. The molecule has 0 radical (unpaired) electrons. The van der Waals surface area contributed by atoms with E-state index >= 15 is 0 Å². The third-order valence-corrected chi connectivity index (χ3v) is 7.46. The molecular formula is C29H36N4O2. The highest BCUT2D eigenvalue weighted by molar-refractivity contribution is 5.76. The van der Waals surface area contributed by atoms with Crippen molar-refractivity contribution in [3.8, 4) is 16.9 Å². The van der Waals surface area contributed by atoms with Crippen LogP contribution < -0.4 is 15.0 Å². The summed E-state index contributed by atoms with van der Waals surface area (Å²) in [7, 11) is 0. The third-order valence-electron chi connectivity index (χ3n) is 7.46. The Morgan fingerprint density at radius 1 is 0.971 bits per heavy atom. The lowest BCUT2D eigenvalue weighted by Crippen LogP contribution is -2.37. The van der Waals surface area contributed by atoms with E-state index in [9.17, 15) is 0 Å². The van der Waals surface area contributed by atoms with Crippen LogP contribution in [-0.4, -0.2) is 42.9 Å². The molecule has 2 aliphatic heterocycles. The zero-order chi connectivity index (χ0) is 24.5. The molecule has 0 bridgehead atoms. The van der Waals surface area contributed by atoms with Gasteiger partial charge in [-0.3, -0.25) is 0 Å². The van der Waals surface area contributed by atoms with Gasteiger partial charge in [0.05, 0.1) is 31.2 Å². The predicted octanol–water partition coefficient (Wildman–Crippen LogP) is 5.71. The standard InChI is InChI=1S/C29H36N4O2/c1-6-22-17-35-26-15-24(9-10-25(22)26)30-16-23-8-7-18(2)27(19(23)3)28-20(4)31-29(32-21(28)5)33-11-13-34-14-12-33/h7-10,15,22,30H,6,11-14,16-17H2,1-5H3/t22-/m1/s1. The average Bonchev–Trinajstić information content (AvgIpc) is 3.28. The minimum absolute atomic E-state index is 0.518. The Hall–Kier alpha value is -3.12. The number of aryl methyl sites for hydroxylation is 3. The maximum atomic E-state index is 5.93. The van der Waals surface area contributed by atoms with Gasteiger partial charge in [0.25, 0.3) is 0 Å². The lowest BCUT2D eigenvalue weighted by molar-refractivity contribution is 0.122. The smallest absolute Gasteiger partial charge is 0.225 e. The van der Waals surface area contributed by atoms with Crippen LogP contribution in [0, 0.1) is 27.7 Å². The monoisotopic (exact) mass is 472 g/mol. The van der Waals surface area contributed by atoms with Crippen molar-refractivity contribution < 1.29 is 9.47 Å². The second-order valence-corrected chi connectivity index (χ2v) is 9.73. The fourth-order valence-electron chi connectivity index (χ4n) is 5.35. The lowest BCUT2D eigenvalue weighted by Gasteiger charge is -2.28. The third kappa shape index (κ3) is 4.59. The number of aromatic nitrogens is 2. The Morgan fingerprint density at radius 3 is 2.43 bits per heavy atom. The molecule has 6 heteroatoms. The topological polar surface area (TPSA) is 59.5 Å². The minimum Gasteiger partial charge on any atom is -0.493 e. The molecule has 184 valence electrons. The van der Waals surface area contributed by atoms with Gasteiger partial charge in [-0.2, -0.15) is 0 Å². The van der Waals surface area contributed by atoms with Gasteiger partial charge in [-0.25, -0.2) is 9.97 Å². The Morgan fingerprint density at radius 2 is 1.71 bits per heavy atom. The second-order valence-electron chi connectivity index (χ2n) is 9.73. The van der Waals surface area contributed by atoms with E-state index in [0.29, 0.717) is 5.92 Å². The van der Waals surface area contributed by atoms with Crippen LogP contribution >= 0.6 is 0 Å². The molecule has 2 aromatic carbocycles. The van der Waals surface area contributed by atoms with E-state index in [1.807, 2.05) is 0 Å². The highest BCUT2D eigenvalue weighted by Crippen LogP contribution is 2.38. The molecule has 1 fully saturated rings. The predicted molar refractivity (Wildman–Crippen MR) is 142 cm³/mol. The summed E-state index contributed by atoms with van der Waals surface area (Å²) in [5.41, 5.74) is 10.7. The number of hydrogen-bond acceptors (Lipinski definition) is 6. The number of benzene rings is 2. The van der Waals surface area contributed by atoms with Gasteiger partial charge in [0.2, 0.25) is 5.95 Å². The van der Waals surface area contributed by atoms with E-state index in [0.717, 1.165) is 80.2 Å². The maximum absolute atomic E-state index is 5.93. The molecule has 2 aliphatic rings. The van der Waals surface area contributed by atoms with Gasteiger partial charge >= 0.3 is 0 Å². The first kappa shape index (κ1) is 23.6. The second kappa shape index (κ2) is 9.86. The van der Waals surface area contributed by atoms with Gasteiger partial charge in [-0.15, -0.1) is 0 Å². The van der Waals surface area contributed by atoms with Gasteiger partial charge in [-0.1, -0.05) is 25.1 Å². The Labute approximate surface area is 208 Å². The Bertz CT molecular complexity index is 1210. The molecule has 0 amide bonds. The first-order valence-corrected chi connectivity index (χ1v) is 12.7. The quantitative estimate of drug-likeness (QED) is 0.496.